The average molecular weight is 303 g/mol. The fraction of sp³-hybridized carbons (Fsp3) is 0.375. The van der Waals surface area contributed by atoms with Gasteiger partial charge in [0, 0.05) is 26.0 Å². The van der Waals surface area contributed by atoms with Gasteiger partial charge >= 0.3 is 0 Å². The van der Waals surface area contributed by atoms with Crippen LogP contribution < -0.4 is 5.32 Å². The van der Waals surface area contributed by atoms with Gasteiger partial charge in [0.15, 0.2) is 5.16 Å². The molecule has 0 fully saturated rings. The molecule has 1 amide bonds. The first kappa shape index (κ1) is 15.6. The summed E-state index contributed by atoms with van der Waals surface area (Å²) in [5.41, 5.74) is 1.24. The molecular formula is C16H21N3OS. The van der Waals surface area contributed by atoms with Crippen LogP contribution in [0.25, 0.3) is 0 Å². The molecule has 2 atom stereocenters. The van der Waals surface area contributed by atoms with E-state index < -0.39 is 0 Å². The Morgan fingerprint density at radius 1 is 1.33 bits per heavy atom. The van der Waals surface area contributed by atoms with Gasteiger partial charge in [0.2, 0.25) is 5.91 Å². The minimum atomic E-state index is -0.158. The van der Waals surface area contributed by atoms with E-state index in [0.717, 1.165) is 5.16 Å². The van der Waals surface area contributed by atoms with Gasteiger partial charge in [0.05, 0.1) is 5.25 Å². The first-order valence-electron chi connectivity index (χ1n) is 7.04. The zero-order valence-corrected chi connectivity index (χ0v) is 13.4. The molecule has 0 aliphatic carbocycles. The summed E-state index contributed by atoms with van der Waals surface area (Å²) in [5.74, 6) is 0.353. The van der Waals surface area contributed by atoms with Gasteiger partial charge in [0.25, 0.3) is 0 Å². The van der Waals surface area contributed by atoms with Crippen molar-refractivity contribution < 1.29 is 4.79 Å². The second-order valence-corrected chi connectivity index (χ2v) is 6.45. The van der Waals surface area contributed by atoms with Crippen molar-refractivity contribution in [3.8, 4) is 0 Å². The summed E-state index contributed by atoms with van der Waals surface area (Å²) < 4.78 is 1.92. The number of hydrogen-bond donors (Lipinski definition) is 1. The molecule has 1 aromatic carbocycles. The third kappa shape index (κ3) is 4.36. The topological polar surface area (TPSA) is 46.9 Å². The molecule has 0 aliphatic rings. The van der Waals surface area contributed by atoms with Crippen LogP contribution in [0.1, 0.15) is 25.3 Å². The lowest BCUT2D eigenvalue weighted by molar-refractivity contribution is -0.120. The van der Waals surface area contributed by atoms with Crippen LogP contribution in [0.15, 0.2) is 47.9 Å². The first-order chi connectivity index (χ1) is 10.1. The summed E-state index contributed by atoms with van der Waals surface area (Å²) >= 11 is 1.47. The number of benzene rings is 1. The number of aryl methyl sites for hydroxylation is 1. The minimum absolute atomic E-state index is 0.0470. The quantitative estimate of drug-likeness (QED) is 0.835. The highest BCUT2D eigenvalue weighted by Gasteiger charge is 2.17. The monoisotopic (exact) mass is 303 g/mol. The normalized spacial score (nSPS) is 13.7. The lowest BCUT2D eigenvalue weighted by Gasteiger charge is -2.15. The number of carbonyl (C=O) groups excluding carboxylic acids is 1. The summed E-state index contributed by atoms with van der Waals surface area (Å²) in [4.78, 5) is 16.4. The fourth-order valence-corrected chi connectivity index (χ4v) is 2.83. The van der Waals surface area contributed by atoms with Crippen LogP contribution in [0, 0.1) is 0 Å². The predicted octanol–water partition coefficient (Wildman–Crippen LogP) is 2.82. The van der Waals surface area contributed by atoms with Crippen molar-refractivity contribution in [1.29, 1.82) is 0 Å². The van der Waals surface area contributed by atoms with Crippen molar-refractivity contribution in [2.24, 2.45) is 7.05 Å². The van der Waals surface area contributed by atoms with E-state index in [1.165, 1.54) is 17.3 Å². The molecule has 0 bridgehead atoms. The van der Waals surface area contributed by atoms with Gasteiger partial charge in [-0.3, -0.25) is 4.79 Å². The van der Waals surface area contributed by atoms with E-state index in [0.29, 0.717) is 12.5 Å². The van der Waals surface area contributed by atoms with Gasteiger partial charge in [-0.05, 0) is 18.4 Å². The zero-order valence-electron chi connectivity index (χ0n) is 12.6. The lowest BCUT2D eigenvalue weighted by Crippen LogP contribution is -2.33. The molecule has 1 heterocycles. The molecule has 1 N–H and O–H groups in total. The number of nitrogens with zero attached hydrogens (tertiary/aromatic N) is 2. The van der Waals surface area contributed by atoms with Gasteiger partial charge in [-0.1, -0.05) is 49.0 Å². The van der Waals surface area contributed by atoms with Gasteiger partial charge < -0.3 is 9.88 Å². The minimum Gasteiger partial charge on any atom is -0.355 e. The van der Waals surface area contributed by atoms with Gasteiger partial charge in [-0.2, -0.15) is 0 Å². The number of hydrogen-bond acceptors (Lipinski definition) is 3. The standard InChI is InChI=1S/C16H21N3OS/c1-12(14-7-5-4-6-8-14)11-18-15(20)13(2)21-16-17-9-10-19(16)3/h4-10,12-13H,11H2,1-3H3,(H,18,20). The highest BCUT2D eigenvalue weighted by molar-refractivity contribution is 8.00. The largest absolute Gasteiger partial charge is 0.355 e. The van der Waals surface area contributed by atoms with Crippen LogP contribution in [0.2, 0.25) is 0 Å². The number of nitrogens with one attached hydrogen (secondary N) is 1. The van der Waals surface area contributed by atoms with Gasteiger partial charge in [-0.15, -0.1) is 0 Å². The van der Waals surface area contributed by atoms with Gasteiger partial charge in [0.1, 0.15) is 0 Å². The van der Waals surface area contributed by atoms with Crippen molar-refractivity contribution in [2.75, 3.05) is 6.54 Å². The summed E-state index contributed by atoms with van der Waals surface area (Å²) in [6.45, 7) is 4.67. The van der Waals surface area contributed by atoms with Crippen LogP contribution in [-0.4, -0.2) is 27.3 Å². The molecule has 1 aromatic heterocycles. The number of aromatic nitrogens is 2. The summed E-state index contributed by atoms with van der Waals surface area (Å²) in [6, 6.07) is 10.2. The molecule has 2 rings (SSSR count). The molecule has 0 aliphatic heterocycles. The summed E-state index contributed by atoms with van der Waals surface area (Å²) in [6.07, 6.45) is 3.62. The highest BCUT2D eigenvalue weighted by Crippen LogP contribution is 2.21. The molecule has 0 saturated heterocycles. The van der Waals surface area contributed by atoms with E-state index >= 15 is 0 Å². The van der Waals surface area contributed by atoms with Crippen molar-refractivity contribution >= 4 is 17.7 Å². The van der Waals surface area contributed by atoms with Crippen LogP contribution in [-0.2, 0) is 11.8 Å². The average Bonchev–Trinajstić information content (AvgIpc) is 2.90. The molecule has 0 saturated carbocycles. The van der Waals surface area contributed by atoms with E-state index in [1.807, 2.05) is 42.9 Å². The number of imidazole rings is 1. The first-order valence-corrected chi connectivity index (χ1v) is 7.92. The molecule has 21 heavy (non-hydrogen) atoms. The molecule has 0 spiro atoms. The van der Waals surface area contributed by atoms with E-state index in [-0.39, 0.29) is 11.2 Å². The Balaban J connectivity index is 1.83. The van der Waals surface area contributed by atoms with E-state index in [9.17, 15) is 4.79 Å². The van der Waals surface area contributed by atoms with Crippen LogP contribution >= 0.6 is 11.8 Å². The number of amides is 1. The number of rotatable bonds is 6. The Kier molecular flexibility index (Phi) is 5.44. The van der Waals surface area contributed by atoms with Crippen LogP contribution in [0.4, 0.5) is 0 Å². The maximum absolute atomic E-state index is 12.1. The molecule has 4 nitrogen and oxygen atoms in total. The molecule has 0 radical (unpaired) electrons. The second-order valence-electron chi connectivity index (χ2n) is 5.14. The lowest BCUT2D eigenvalue weighted by atomic mass is 10.0. The molecule has 5 heteroatoms. The third-order valence-electron chi connectivity index (χ3n) is 3.38. The number of carbonyl (C=O) groups is 1. The maximum Gasteiger partial charge on any atom is 0.233 e. The molecule has 2 aromatic rings. The second kappa shape index (κ2) is 7.31. The zero-order chi connectivity index (χ0) is 15.2. The predicted molar refractivity (Wildman–Crippen MR) is 86.4 cm³/mol. The van der Waals surface area contributed by atoms with E-state index in [2.05, 4.69) is 29.4 Å². The van der Waals surface area contributed by atoms with Gasteiger partial charge in [-0.25, -0.2) is 4.98 Å². The maximum atomic E-state index is 12.1. The Hall–Kier alpha value is -1.75. The summed E-state index contributed by atoms with van der Waals surface area (Å²) in [5, 5.41) is 3.71. The van der Waals surface area contributed by atoms with Crippen LogP contribution in [0.3, 0.4) is 0 Å². The molecule has 112 valence electrons. The Morgan fingerprint density at radius 2 is 2.05 bits per heavy atom. The highest BCUT2D eigenvalue weighted by atomic mass is 32.2. The number of thioether (sulfide) groups is 1. The SMILES string of the molecule is CC(Sc1nccn1C)C(=O)NCC(C)c1ccccc1. The fourth-order valence-electron chi connectivity index (χ4n) is 1.97. The van der Waals surface area contributed by atoms with E-state index in [4.69, 9.17) is 0 Å². The Labute approximate surface area is 130 Å². The van der Waals surface area contributed by atoms with Crippen molar-refractivity contribution in [3.05, 3.63) is 48.3 Å². The Bertz CT molecular complexity index is 582. The molecule has 2 unspecified atom stereocenters. The van der Waals surface area contributed by atoms with Crippen molar-refractivity contribution in [1.82, 2.24) is 14.9 Å². The third-order valence-corrected chi connectivity index (χ3v) is 4.55. The van der Waals surface area contributed by atoms with Crippen molar-refractivity contribution in [3.63, 3.8) is 0 Å². The van der Waals surface area contributed by atoms with Crippen molar-refractivity contribution in [2.45, 2.75) is 30.2 Å². The molecular weight excluding hydrogens is 282 g/mol. The Morgan fingerprint density at radius 3 is 2.67 bits per heavy atom. The smallest absolute Gasteiger partial charge is 0.233 e. The van der Waals surface area contributed by atoms with Crippen LogP contribution in [0.5, 0.6) is 0 Å². The summed E-state index contributed by atoms with van der Waals surface area (Å²) in [7, 11) is 1.93. The van der Waals surface area contributed by atoms with E-state index in [1.54, 1.807) is 6.20 Å².